The number of rotatable bonds is 3. The smallest absolute Gasteiger partial charge is 0.318 e. The quantitative estimate of drug-likeness (QED) is 0.737. The first-order valence-corrected chi connectivity index (χ1v) is 5.11. The summed E-state index contributed by atoms with van der Waals surface area (Å²) in [7, 11) is 0. The second-order valence-electron chi connectivity index (χ2n) is 4.81. The van der Waals surface area contributed by atoms with Crippen molar-refractivity contribution in [1.29, 1.82) is 0 Å². The zero-order valence-corrected chi connectivity index (χ0v) is 9.41. The molecule has 1 saturated heterocycles. The predicted octanol–water partition coefficient (Wildman–Crippen LogP) is 1.04. The third kappa shape index (κ3) is 2.84. The van der Waals surface area contributed by atoms with Crippen LogP contribution in [0.1, 0.15) is 33.6 Å². The molecule has 1 fully saturated rings. The van der Waals surface area contributed by atoms with Gasteiger partial charge in [-0.15, -0.1) is 0 Å². The van der Waals surface area contributed by atoms with Crippen LogP contribution < -0.4 is 5.32 Å². The number of aliphatic carboxylic acids is 1. The third-order valence-corrected chi connectivity index (χ3v) is 2.49. The second-order valence-corrected chi connectivity index (χ2v) is 4.81. The van der Waals surface area contributed by atoms with Crippen LogP contribution in [0.2, 0.25) is 0 Å². The molecule has 0 radical (unpaired) electrons. The maximum atomic E-state index is 11.5. The van der Waals surface area contributed by atoms with Crippen LogP contribution in [-0.4, -0.2) is 40.1 Å². The molecule has 0 spiro atoms. The fourth-order valence-corrected chi connectivity index (χ4v) is 1.92. The number of carbonyl (C=O) groups is 2. The van der Waals surface area contributed by atoms with Gasteiger partial charge in [0.05, 0.1) is 6.04 Å². The Labute approximate surface area is 89.4 Å². The van der Waals surface area contributed by atoms with Crippen LogP contribution in [0.3, 0.4) is 0 Å². The van der Waals surface area contributed by atoms with Gasteiger partial charge in [0.25, 0.3) is 0 Å². The maximum absolute atomic E-state index is 11.5. The fourth-order valence-electron chi connectivity index (χ4n) is 1.92. The van der Waals surface area contributed by atoms with Gasteiger partial charge in [-0.2, -0.15) is 0 Å². The topological polar surface area (TPSA) is 69.6 Å². The van der Waals surface area contributed by atoms with E-state index in [1.807, 2.05) is 20.8 Å². The van der Waals surface area contributed by atoms with Crippen molar-refractivity contribution in [2.24, 2.45) is 0 Å². The summed E-state index contributed by atoms with van der Waals surface area (Å²) in [6.07, 6.45) is 0.609. The molecule has 1 rings (SSSR count). The lowest BCUT2D eigenvalue weighted by molar-refractivity contribution is -0.137. The molecule has 0 aliphatic carbocycles. The molecule has 1 aliphatic heterocycles. The van der Waals surface area contributed by atoms with E-state index in [1.165, 1.54) is 0 Å². The molecular formula is C10H18N2O3. The van der Waals surface area contributed by atoms with Crippen molar-refractivity contribution in [3.05, 3.63) is 0 Å². The van der Waals surface area contributed by atoms with Crippen molar-refractivity contribution < 1.29 is 14.7 Å². The first-order valence-electron chi connectivity index (χ1n) is 5.11. The van der Waals surface area contributed by atoms with Gasteiger partial charge >= 0.3 is 12.0 Å². The van der Waals surface area contributed by atoms with Gasteiger partial charge in [-0.25, -0.2) is 4.79 Å². The Kier molecular flexibility index (Phi) is 3.21. The highest BCUT2D eigenvalue weighted by molar-refractivity contribution is 5.78. The first-order chi connectivity index (χ1) is 6.82. The highest BCUT2D eigenvalue weighted by atomic mass is 16.4. The number of hydrogen-bond donors (Lipinski definition) is 2. The molecule has 0 aromatic carbocycles. The van der Waals surface area contributed by atoms with Crippen molar-refractivity contribution in [3.8, 4) is 0 Å². The van der Waals surface area contributed by atoms with Crippen molar-refractivity contribution >= 4 is 12.0 Å². The highest BCUT2D eigenvalue weighted by Gasteiger charge is 2.37. The average Bonchev–Trinajstić information content (AvgIpc) is 2.42. The third-order valence-electron chi connectivity index (χ3n) is 2.49. The molecule has 0 bridgehead atoms. The van der Waals surface area contributed by atoms with E-state index in [9.17, 15) is 9.59 Å². The lowest BCUT2D eigenvalue weighted by Crippen LogP contribution is -2.48. The molecule has 1 aliphatic rings. The van der Waals surface area contributed by atoms with Gasteiger partial charge in [-0.1, -0.05) is 0 Å². The van der Waals surface area contributed by atoms with Gasteiger partial charge in [-0.05, 0) is 27.2 Å². The molecule has 0 aromatic rings. The number of nitrogens with one attached hydrogen (secondary N) is 1. The number of carboxylic acid groups (broad SMARTS) is 1. The molecule has 0 saturated carbocycles. The maximum Gasteiger partial charge on any atom is 0.318 e. The van der Waals surface area contributed by atoms with Crippen LogP contribution in [0.4, 0.5) is 4.79 Å². The van der Waals surface area contributed by atoms with E-state index >= 15 is 0 Å². The minimum absolute atomic E-state index is 0.00593. The van der Waals surface area contributed by atoms with E-state index in [0.29, 0.717) is 13.0 Å². The van der Waals surface area contributed by atoms with Crippen molar-refractivity contribution in [2.75, 3.05) is 6.54 Å². The first kappa shape index (κ1) is 11.8. The lowest BCUT2D eigenvalue weighted by Gasteiger charge is -2.35. The monoisotopic (exact) mass is 214 g/mol. The summed E-state index contributed by atoms with van der Waals surface area (Å²) in [4.78, 5) is 23.7. The number of carbonyl (C=O) groups excluding carboxylic acids is 1. The number of carboxylic acids is 1. The van der Waals surface area contributed by atoms with E-state index in [0.717, 1.165) is 0 Å². The summed E-state index contributed by atoms with van der Waals surface area (Å²) in [5.41, 5.74) is -0.260. The van der Waals surface area contributed by atoms with Crippen LogP contribution in [0.15, 0.2) is 0 Å². The molecule has 2 amide bonds. The number of nitrogens with zero attached hydrogens (tertiary/aromatic N) is 1. The molecule has 5 nitrogen and oxygen atoms in total. The van der Waals surface area contributed by atoms with Crippen LogP contribution in [-0.2, 0) is 4.79 Å². The molecular weight excluding hydrogens is 196 g/mol. The Bertz CT molecular complexity index is 270. The molecule has 1 unspecified atom stereocenters. The summed E-state index contributed by atoms with van der Waals surface area (Å²) < 4.78 is 0. The van der Waals surface area contributed by atoms with E-state index in [-0.39, 0.29) is 24.0 Å². The molecule has 1 atom stereocenters. The molecule has 2 N–H and O–H groups in total. The van der Waals surface area contributed by atoms with E-state index in [4.69, 9.17) is 5.11 Å². The van der Waals surface area contributed by atoms with Gasteiger partial charge in [0.1, 0.15) is 0 Å². The van der Waals surface area contributed by atoms with Crippen molar-refractivity contribution in [2.45, 2.75) is 45.2 Å². The Balaban J connectivity index is 2.64. The van der Waals surface area contributed by atoms with E-state index in [2.05, 4.69) is 5.32 Å². The summed E-state index contributed by atoms with van der Waals surface area (Å²) in [5.74, 6) is -0.816. The fraction of sp³-hybridized carbons (Fsp3) is 0.800. The van der Waals surface area contributed by atoms with Crippen molar-refractivity contribution in [1.82, 2.24) is 10.2 Å². The standard InChI is InChI=1S/C10H18N2O3/c1-10(2,3)12-7(4-5-8(13)14)6-11-9(12)15/h7H,4-6H2,1-3H3,(H,11,15)(H,13,14). The van der Waals surface area contributed by atoms with Crippen LogP contribution >= 0.6 is 0 Å². The van der Waals surface area contributed by atoms with Crippen molar-refractivity contribution in [3.63, 3.8) is 0 Å². The zero-order valence-electron chi connectivity index (χ0n) is 9.41. The van der Waals surface area contributed by atoms with Crippen LogP contribution in [0.5, 0.6) is 0 Å². The average molecular weight is 214 g/mol. The Morgan fingerprint density at radius 2 is 2.20 bits per heavy atom. The normalized spacial score (nSPS) is 21.7. The second kappa shape index (κ2) is 4.08. The predicted molar refractivity (Wildman–Crippen MR) is 55.6 cm³/mol. The Morgan fingerprint density at radius 3 is 2.67 bits per heavy atom. The summed E-state index contributed by atoms with van der Waals surface area (Å²) in [5, 5.41) is 11.3. The highest BCUT2D eigenvalue weighted by Crippen LogP contribution is 2.23. The molecule has 5 heteroatoms. The largest absolute Gasteiger partial charge is 0.481 e. The molecule has 1 heterocycles. The molecule has 0 aromatic heterocycles. The number of amides is 2. The zero-order chi connectivity index (χ0) is 11.6. The van der Waals surface area contributed by atoms with Gasteiger partial charge < -0.3 is 15.3 Å². The summed E-state index contributed by atoms with van der Waals surface area (Å²) >= 11 is 0. The van der Waals surface area contributed by atoms with Gasteiger partial charge in [0.2, 0.25) is 0 Å². The summed E-state index contributed by atoms with van der Waals surface area (Å²) in [6.45, 7) is 6.40. The van der Waals surface area contributed by atoms with E-state index in [1.54, 1.807) is 4.90 Å². The minimum atomic E-state index is -0.816. The Morgan fingerprint density at radius 1 is 1.60 bits per heavy atom. The van der Waals surface area contributed by atoms with Crippen LogP contribution in [0, 0.1) is 0 Å². The number of urea groups is 1. The Hall–Kier alpha value is -1.26. The van der Waals surface area contributed by atoms with Gasteiger partial charge in [0, 0.05) is 18.5 Å². The SMILES string of the molecule is CC(C)(C)N1C(=O)NCC1CCC(=O)O. The minimum Gasteiger partial charge on any atom is -0.481 e. The van der Waals surface area contributed by atoms with Crippen LogP contribution in [0.25, 0.3) is 0 Å². The summed E-state index contributed by atoms with van der Waals surface area (Å²) in [6, 6.07) is -0.105. The number of hydrogen-bond acceptors (Lipinski definition) is 2. The lowest BCUT2D eigenvalue weighted by atomic mass is 10.0. The van der Waals surface area contributed by atoms with Gasteiger partial charge in [-0.3, -0.25) is 4.79 Å². The van der Waals surface area contributed by atoms with Gasteiger partial charge in [0.15, 0.2) is 0 Å². The van der Waals surface area contributed by atoms with E-state index < -0.39 is 5.97 Å². The molecule has 15 heavy (non-hydrogen) atoms. The molecule has 86 valence electrons.